The summed E-state index contributed by atoms with van der Waals surface area (Å²) in [7, 11) is 0. The molecule has 3 fully saturated rings. The van der Waals surface area contributed by atoms with Crippen molar-refractivity contribution in [3.05, 3.63) is 29.6 Å². The first-order chi connectivity index (χ1) is 8.24. The molecule has 2 nitrogen and oxygen atoms in total. The lowest BCUT2D eigenvalue weighted by Gasteiger charge is -2.45. The molecule has 0 aliphatic carbocycles. The summed E-state index contributed by atoms with van der Waals surface area (Å²) in [5.74, 6) is 0.598. The monoisotopic (exact) mass is 234 g/mol. The van der Waals surface area contributed by atoms with Crippen LogP contribution in [0.25, 0.3) is 0 Å². The molecule has 17 heavy (non-hydrogen) atoms. The Balaban J connectivity index is 1.79. The van der Waals surface area contributed by atoms with Crippen LogP contribution >= 0.6 is 0 Å². The van der Waals surface area contributed by atoms with Crippen LogP contribution in [0.4, 0.5) is 10.1 Å². The zero-order valence-corrected chi connectivity index (χ0v) is 10.2. The number of halogens is 1. The molecule has 1 N–H and O–H groups in total. The van der Waals surface area contributed by atoms with Crippen molar-refractivity contribution in [1.29, 1.82) is 0 Å². The number of piperidine rings is 3. The third-order valence-electron chi connectivity index (χ3n) is 4.21. The average Bonchev–Trinajstić information content (AvgIpc) is 2.36. The molecule has 3 saturated heterocycles. The normalized spacial score (nSPS) is 31.5. The van der Waals surface area contributed by atoms with Gasteiger partial charge < -0.3 is 10.2 Å². The standard InChI is InChI=1S/C14H19FN2/c1-10-3-2-4-12(15)14(10)16-13-9-17-7-5-11(13)6-8-17/h2-4,11,13,16H,5-9H2,1H3. The fraction of sp³-hybridized carbons (Fsp3) is 0.571. The first-order valence-corrected chi connectivity index (χ1v) is 6.48. The van der Waals surface area contributed by atoms with Crippen LogP contribution in [0.5, 0.6) is 0 Å². The van der Waals surface area contributed by atoms with Gasteiger partial charge in [-0.15, -0.1) is 0 Å². The Hall–Kier alpha value is -1.09. The van der Waals surface area contributed by atoms with Gasteiger partial charge in [-0.2, -0.15) is 0 Å². The van der Waals surface area contributed by atoms with Gasteiger partial charge in [-0.25, -0.2) is 4.39 Å². The van der Waals surface area contributed by atoms with E-state index in [2.05, 4.69) is 10.2 Å². The van der Waals surface area contributed by atoms with Crippen LogP contribution in [0, 0.1) is 18.7 Å². The van der Waals surface area contributed by atoms with Crippen LogP contribution in [-0.4, -0.2) is 30.6 Å². The minimum Gasteiger partial charge on any atom is -0.378 e. The smallest absolute Gasteiger partial charge is 0.146 e. The van der Waals surface area contributed by atoms with Crippen molar-refractivity contribution in [2.45, 2.75) is 25.8 Å². The van der Waals surface area contributed by atoms with Crippen LogP contribution in [0.15, 0.2) is 18.2 Å². The second-order valence-electron chi connectivity index (χ2n) is 5.32. The van der Waals surface area contributed by atoms with Gasteiger partial charge in [0.05, 0.1) is 5.69 Å². The molecule has 1 aromatic rings. The second-order valence-corrected chi connectivity index (χ2v) is 5.32. The second kappa shape index (κ2) is 4.30. The number of hydrogen-bond donors (Lipinski definition) is 1. The summed E-state index contributed by atoms with van der Waals surface area (Å²) in [5, 5.41) is 3.43. The van der Waals surface area contributed by atoms with Gasteiger partial charge in [-0.05, 0) is 50.4 Å². The number of rotatable bonds is 2. The molecule has 0 spiro atoms. The third-order valence-corrected chi connectivity index (χ3v) is 4.21. The van der Waals surface area contributed by atoms with Crippen LogP contribution in [-0.2, 0) is 0 Å². The summed E-state index contributed by atoms with van der Waals surface area (Å²) < 4.78 is 13.8. The van der Waals surface area contributed by atoms with Crippen molar-refractivity contribution in [3.63, 3.8) is 0 Å². The van der Waals surface area contributed by atoms with E-state index in [-0.39, 0.29) is 5.82 Å². The van der Waals surface area contributed by atoms with E-state index in [9.17, 15) is 4.39 Å². The van der Waals surface area contributed by atoms with E-state index >= 15 is 0 Å². The van der Waals surface area contributed by atoms with E-state index in [4.69, 9.17) is 0 Å². The zero-order valence-electron chi connectivity index (χ0n) is 10.2. The average molecular weight is 234 g/mol. The van der Waals surface area contributed by atoms with E-state index in [1.807, 2.05) is 13.0 Å². The van der Waals surface area contributed by atoms with E-state index in [1.54, 1.807) is 6.07 Å². The van der Waals surface area contributed by atoms with E-state index in [1.165, 1.54) is 32.0 Å². The molecule has 3 aliphatic rings. The lowest BCUT2D eigenvalue weighted by molar-refractivity contribution is 0.0974. The minimum absolute atomic E-state index is 0.124. The van der Waals surface area contributed by atoms with Crippen LogP contribution < -0.4 is 5.32 Å². The Kier molecular flexibility index (Phi) is 2.79. The Morgan fingerprint density at radius 3 is 2.65 bits per heavy atom. The molecule has 3 aliphatic heterocycles. The summed E-state index contributed by atoms with van der Waals surface area (Å²) in [6, 6.07) is 5.70. The highest BCUT2D eigenvalue weighted by Crippen LogP contribution is 2.31. The van der Waals surface area contributed by atoms with Crippen LogP contribution in [0.3, 0.4) is 0 Å². The van der Waals surface area contributed by atoms with Crippen molar-refractivity contribution < 1.29 is 4.39 Å². The molecular formula is C14H19FN2. The Morgan fingerprint density at radius 2 is 2.06 bits per heavy atom. The van der Waals surface area contributed by atoms with Crippen molar-refractivity contribution in [3.8, 4) is 0 Å². The van der Waals surface area contributed by atoms with Crippen molar-refractivity contribution in [2.75, 3.05) is 25.0 Å². The quantitative estimate of drug-likeness (QED) is 0.846. The number of anilines is 1. The predicted octanol–water partition coefficient (Wildman–Crippen LogP) is 2.64. The molecule has 0 aromatic heterocycles. The number of nitrogens with zero attached hydrogens (tertiary/aromatic N) is 1. The molecule has 0 saturated carbocycles. The Bertz CT molecular complexity index is 390. The molecule has 0 radical (unpaired) electrons. The van der Waals surface area contributed by atoms with Crippen molar-refractivity contribution in [2.24, 2.45) is 5.92 Å². The largest absolute Gasteiger partial charge is 0.378 e. The molecule has 3 heterocycles. The molecule has 1 unspecified atom stereocenters. The molecule has 4 rings (SSSR count). The fourth-order valence-electron chi connectivity index (χ4n) is 3.13. The maximum atomic E-state index is 13.8. The van der Waals surface area contributed by atoms with E-state index in [0.717, 1.165) is 18.0 Å². The Morgan fingerprint density at radius 1 is 1.29 bits per heavy atom. The number of aryl methyl sites for hydroxylation is 1. The lowest BCUT2D eigenvalue weighted by atomic mass is 9.84. The highest BCUT2D eigenvalue weighted by molar-refractivity contribution is 5.52. The van der Waals surface area contributed by atoms with Gasteiger partial charge in [0.15, 0.2) is 0 Å². The van der Waals surface area contributed by atoms with Gasteiger partial charge in [0.25, 0.3) is 0 Å². The number of hydrogen-bond acceptors (Lipinski definition) is 2. The summed E-state index contributed by atoms with van der Waals surface area (Å²) in [6.45, 7) is 5.48. The third kappa shape index (κ3) is 2.04. The van der Waals surface area contributed by atoms with E-state index < -0.39 is 0 Å². The van der Waals surface area contributed by atoms with Crippen molar-refractivity contribution >= 4 is 5.69 Å². The van der Waals surface area contributed by atoms with E-state index in [0.29, 0.717) is 11.7 Å². The topological polar surface area (TPSA) is 15.3 Å². The number of para-hydroxylation sites is 1. The number of fused-ring (bicyclic) bond motifs is 3. The highest BCUT2D eigenvalue weighted by Gasteiger charge is 2.34. The fourth-order valence-corrected chi connectivity index (χ4v) is 3.13. The SMILES string of the molecule is Cc1cccc(F)c1NC1CN2CCC1CC2. The van der Waals surface area contributed by atoms with Gasteiger partial charge in [-0.1, -0.05) is 12.1 Å². The summed E-state index contributed by atoms with van der Waals surface area (Å²) >= 11 is 0. The maximum absolute atomic E-state index is 13.8. The van der Waals surface area contributed by atoms with Crippen LogP contribution in [0.2, 0.25) is 0 Å². The summed E-state index contributed by atoms with van der Waals surface area (Å²) in [4.78, 5) is 2.48. The van der Waals surface area contributed by atoms with Crippen LogP contribution in [0.1, 0.15) is 18.4 Å². The number of nitrogens with one attached hydrogen (secondary N) is 1. The molecule has 1 aromatic carbocycles. The molecule has 1 atom stereocenters. The van der Waals surface area contributed by atoms with Gasteiger partial charge in [0, 0.05) is 12.6 Å². The molecule has 2 bridgehead atoms. The van der Waals surface area contributed by atoms with Gasteiger partial charge in [0.1, 0.15) is 5.82 Å². The first kappa shape index (κ1) is 11.0. The van der Waals surface area contributed by atoms with Gasteiger partial charge in [0.2, 0.25) is 0 Å². The highest BCUT2D eigenvalue weighted by atomic mass is 19.1. The zero-order chi connectivity index (χ0) is 11.8. The summed E-state index contributed by atoms with van der Waals surface area (Å²) in [6.07, 6.45) is 2.51. The Labute approximate surface area is 102 Å². The maximum Gasteiger partial charge on any atom is 0.146 e. The summed E-state index contributed by atoms with van der Waals surface area (Å²) in [5.41, 5.74) is 1.70. The number of benzene rings is 1. The molecule has 0 amide bonds. The molecule has 3 heteroatoms. The van der Waals surface area contributed by atoms with Gasteiger partial charge in [-0.3, -0.25) is 0 Å². The molecule has 92 valence electrons. The van der Waals surface area contributed by atoms with Crippen molar-refractivity contribution in [1.82, 2.24) is 4.90 Å². The molecular weight excluding hydrogens is 215 g/mol. The van der Waals surface area contributed by atoms with Gasteiger partial charge >= 0.3 is 0 Å². The lowest BCUT2D eigenvalue weighted by Crippen LogP contribution is -2.53. The predicted molar refractivity (Wildman–Crippen MR) is 67.7 cm³/mol. The first-order valence-electron chi connectivity index (χ1n) is 6.48. The minimum atomic E-state index is -0.124.